The Balaban J connectivity index is 2.48. The highest BCUT2D eigenvalue weighted by Gasteiger charge is 2.24. The second-order valence-corrected chi connectivity index (χ2v) is 7.06. The molecule has 0 spiro atoms. The highest BCUT2D eigenvalue weighted by molar-refractivity contribution is 9.10. The van der Waals surface area contributed by atoms with Crippen LogP contribution in [0, 0.1) is 11.3 Å². The van der Waals surface area contributed by atoms with Gasteiger partial charge in [0.25, 0.3) is 10.0 Å². The average Bonchev–Trinajstić information content (AvgIpc) is 2.48. The molecule has 0 aliphatic carbocycles. The molecule has 0 aliphatic heterocycles. The van der Waals surface area contributed by atoms with Gasteiger partial charge in [0, 0.05) is 11.0 Å². The molecule has 0 N–H and O–H groups in total. The summed E-state index contributed by atoms with van der Waals surface area (Å²) in [5.41, 5.74) is 0.549. The summed E-state index contributed by atoms with van der Waals surface area (Å²) in [6.45, 7) is 0.120. The molecule has 0 radical (unpaired) electrons. The van der Waals surface area contributed by atoms with Gasteiger partial charge >= 0.3 is 0 Å². The van der Waals surface area contributed by atoms with E-state index in [1.54, 1.807) is 48.5 Å². The molecule has 21 heavy (non-hydrogen) atoms. The van der Waals surface area contributed by atoms with E-state index in [9.17, 15) is 8.42 Å². The van der Waals surface area contributed by atoms with Gasteiger partial charge in [-0.2, -0.15) is 5.26 Å². The lowest BCUT2D eigenvalue weighted by Gasteiger charge is -2.23. The second-order valence-electron chi connectivity index (χ2n) is 4.28. The topological polar surface area (TPSA) is 61.2 Å². The molecule has 0 bridgehead atoms. The SMILES string of the molecule is N#CCCN(c1ccccc1)S(=O)(=O)c1cccc(Br)c1. The number of benzene rings is 2. The normalized spacial score (nSPS) is 10.9. The summed E-state index contributed by atoms with van der Waals surface area (Å²) >= 11 is 3.28. The van der Waals surface area contributed by atoms with Gasteiger partial charge in [-0.25, -0.2) is 8.42 Å². The second kappa shape index (κ2) is 6.74. The van der Waals surface area contributed by atoms with Gasteiger partial charge in [0.05, 0.1) is 23.1 Å². The van der Waals surface area contributed by atoms with Gasteiger partial charge in [-0.3, -0.25) is 4.31 Å². The predicted octanol–water partition coefficient (Wildman–Crippen LogP) is 3.56. The van der Waals surface area contributed by atoms with Crippen LogP contribution in [-0.2, 0) is 10.0 Å². The molecule has 108 valence electrons. The van der Waals surface area contributed by atoms with Gasteiger partial charge in [0.2, 0.25) is 0 Å². The van der Waals surface area contributed by atoms with Gasteiger partial charge in [-0.15, -0.1) is 0 Å². The number of sulfonamides is 1. The van der Waals surface area contributed by atoms with E-state index < -0.39 is 10.0 Å². The quantitative estimate of drug-likeness (QED) is 0.814. The van der Waals surface area contributed by atoms with Crippen LogP contribution in [0.15, 0.2) is 64.0 Å². The van der Waals surface area contributed by atoms with Crippen molar-refractivity contribution in [3.63, 3.8) is 0 Å². The molecule has 0 aromatic heterocycles. The maximum absolute atomic E-state index is 12.8. The first-order valence-corrected chi connectivity index (χ1v) is 8.49. The van der Waals surface area contributed by atoms with Crippen LogP contribution >= 0.6 is 15.9 Å². The fourth-order valence-corrected chi connectivity index (χ4v) is 3.95. The number of hydrogen-bond donors (Lipinski definition) is 0. The fourth-order valence-electron chi connectivity index (χ4n) is 1.89. The zero-order chi connectivity index (χ0) is 15.3. The molecule has 2 aromatic carbocycles. The first-order chi connectivity index (χ1) is 10.1. The molecule has 2 aromatic rings. The van der Waals surface area contributed by atoms with Crippen LogP contribution < -0.4 is 4.31 Å². The van der Waals surface area contributed by atoms with E-state index in [-0.39, 0.29) is 17.9 Å². The zero-order valence-electron chi connectivity index (χ0n) is 11.1. The largest absolute Gasteiger partial charge is 0.265 e. The van der Waals surface area contributed by atoms with E-state index in [1.165, 1.54) is 4.31 Å². The summed E-state index contributed by atoms with van der Waals surface area (Å²) < 4.78 is 27.5. The standard InChI is InChI=1S/C15H13BrN2O2S/c16-13-6-4-9-15(12-13)21(19,20)18(11-5-10-17)14-7-2-1-3-8-14/h1-4,6-9,12H,5,11H2. The minimum atomic E-state index is -3.70. The highest BCUT2D eigenvalue weighted by atomic mass is 79.9. The molecule has 0 unspecified atom stereocenters. The third kappa shape index (κ3) is 3.63. The van der Waals surface area contributed by atoms with Gasteiger partial charge in [0.15, 0.2) is 0 Å². The van der Waals surface area contributed by atoms with Crippen LogP contribution in [0.3, 0.4) is 0 Å². The molecular formula is C15H13BrN2O2S. The van der Waals surface area contributed by atoms with Gasteiger partial charge in [-0.1, -0.05) is 40.2 Å². The Hall–Kier alpha value is -1.84. The molecule has 0 saturated heterocycles. The minimum absolute atomic E-state index is 0.120. The number of para-hydroxylation sites is 1. The van der Waals surface area contributed by atoms with Crippen LogP contribution in [0.25, 0.3) is 0 Å². The van der Waals surface area contributed by atoms with Gasteiger partial charge in [0.1, 0.15) is 0 Å². The molecule has 0 aliphatic rings. The van der Waals surface area contributed by atoms with Crippen LogP contribution in [-0.4, -0.2) is 15.0 Å². The predicted molar refractivity (Wildman–Crippen MR) is 85.3 cm³/mol. The molecule has 0 fully saturated rings. The highest BCUT2D eigenvalue weighted by Crippen LogP contribution is 2.25. The van der Waals surface area contributed by atoms with Crippen molar-refractivity contribution < 1.29 is 8.42 Å². The third-order valence-electron chi connectivity index (χ3n) is 2.85. The first-order valence-electron chi connectivity index (χ1n) is 6.26. The lowest BCUT2D eigenvalue weighted by atomic mass is 10.3. The average molecular weight is 365 g/mol. The molecule has 0 atom stereocenters. The molecule has 6 heteroatoms. The van der Waals surface area contributed by atoms with Crippen LogP contribution in [0.4, 0.5) is 5.69 Å². The summed E-state index contributed by atoms with van der Waals surface area (Å²) in [6, 6.07) is 17.3. The van der Waals surface area contributed by atoms with Crippen molar-refractivity contribution in [3.05, 3.63) is 59.1 Å². The van der Waals surface area contributed by atoms with Crippen LogP contribution in [0.5, 0.6) is 0 Å². The molecule has 2 rings (SSSR count). The maximum atomic E-state index is 12.8. The third-order valence-corrected chi connectivity index (χ3v) is 5.17. The molecule has 0 heterocycles. The number of nitriles is 1. The number of halogens is 1. The number of rotatable bonds is 5. The van der Waals surface area contributed by atoms with Crippen molar-refractivity contribution >= 4 is 31.6 Å². The van der Waals surface area contributed by atoms with E-state index in [1.807, 2.05) is 12.1 Å². The molecule has 0 amide bonds. The van der Waals surface area contributed by atoms with Gasteiger partial charge < -0.3 is 0 Å². The Bertz CT molecular complexity index is 755. The number of anilines is 1. The maximum Gasteiger partial charge on any atom is 0.264 e. The number of nitrogens with zero attached hydrogens (tertiary/aromatic N) is 2. The Morgan fingerprint density at radius 2 is 1.81 bits per heavy atom. The van der Waals surface area contributed by atoms with E-state index >= 15 is 0 Å². The zero-order valence-corrected chi connectivity index (χ0v) is 13.5. The molecular weight excluding hydrogens is 352 g/mol. The summed E-state index contributed by atoms with van der Waals surface area (Å²) in [7, 11) is -3.70. The molecule has 0 saturated carbocycles. The first kappa shape index (κ1) is 15.5. The van der Waals surface area contributed by atoms with E-state index in [2.05, 4.69) is 15.9 Å². The van der Waals surface area contributed by atoms with Crippen molar-refractivity contribution in [2.75, 3.05) is 10.8 Å². The minimum Gasteiger partial charge on any atom is -0.265 e. The summed E-state index contributed by atoms with van der Waals surface area (Å²) in [5.74, 6) is 0. The van der Waals surface area contributed by atoms with Crippen LogP contribution in [0.1, 0.15) is 6.42 Å². The van der Waals surface area contributed by atoms with Crippen molar-refractivity contribution in [2.24, 2.45) is 0 Å². The van der Waals surface area contributed by atoms with Gasteiger partial charge in [-0.05, 0) is 30.3 Å². The van der Waals surface area contributed by atoms with Crippen molar-refractivity contribution in [2.45, 2.75) is 11.3 Å². The Morgan fingerprint density at radius 1 is 1.10 bits per heavy atom. The van der Waals surface area contributed by atoms with Crippen molar-refractivity contribution in [1.29, 1.82) is 5.26 Å². The fraction of sp³-hybridized carbons (Fsp3) is 0.133. The summed E-state index contributed by atoms with van der Waals surface area (Å²) in [5, 5.41) is 8.76. The Kier molecular flexibility index (Phi) is 4.99. The summed E-state index contributed by atoms with van der Waals surface area (Å²) in [6.07, 6.45) is 0.127. The Labute approximate surface area is 132 Å². The lowest BCUT2D eigenvalue weighted by molar-refractivity contribution is 0.591. The lowest BCUT2D eigenvalue weighted by Crippen LogP contribution is -2.31. The van der Waals surface area contributed by atoms with Crippen molar-refractivity contribution in [3.8, 4) is 6.07 Å². The molecule has 4 nitrogen and oxygen atoms in total. The monoisotopic (exact) mass is 364 g/mol. The Morgan fingerprint density at radius 3 is 2.43 bits per heavy atom. The van der Waals surface area contributed by atoms with Crippen LogP contribution in [0.2, 0.25) is 0 Å². The van der Waals surface area contributed by atoms with Crippen molar-refractivity contribution in [1.82, 2.24) is 0 Å². The van der Waals surface area contributed by atoms with E-state index in [0.717, 1.165) is 0 Å². The van der Waals surface area contributed by atoms with E-state index in [4.69, 9.17) is 5.26 Å². The van der Waals surface area contributed by atoms with E-state index in [0.29, 0.717) is 10.2 Å². The smallest absolute Gasteiger partial charge is 0.264 e. The number of hydrogen-bond acceptors (Lipinski definition) is 3. The summed E-state index contributed by atoms with van der Waals surface area (Å²) in [4.78, 5) is 0.193.